The molecule has 2 aromatic carbocycles. The van der Waals surface area contributed by atoms with Gasteiger partial charge < -0.3 is 38.3 Å². The van der Waals surface area contributed by atoms with Crippen LogP contribution in [0.25, 0.3) is 11.3 Å². The monoisotopic (exact) mass is 765 g/mol. The van der Waals surface area contributed by atoms with Gasteiger partial charge in [-0.25, -0.2) is 4.98 Å². The maximum atomic E-state index is 13.0. The molecule has 0 radical (unpaired) electrons. The molecule has 0 bridgehead atoms. The third kappa shape index (κ3) is 9.59. The van der Waals surface area contributed by atoms with Gasteiger partial charge in [-0.3, -0.25) is 29.2 Å². The number of halogens is 1. The number of nitrogens with zero attached hydrogens (tertiary/aromatic N) is 5. The highest BCUT2D eigenvalue weighted by molar-refractivity contribution is 6.32. The van der Waals surface area contributed by atoms with Crippen LogP contribution < -0.4 is 20.1 Å². The van der Waals surface area contributed by atoms with E-state index in [0.717, 1.165) is 5.56 Å². The lowest BCUT2D eigenvalue weighted by molar-refractivity contribution is -0.136. The number of rotatable bonds is 20. The summed E-state index contributed by atoms with van der Waals surface area (Å²) < 4.78 is 35.0. The second-order valence-electron chi connectivity index (χ2n) is 12.3. The molecule has 0 aliphatic carbocycles. The van der Waals surface area contributed by atoms with Crippen LogP contribution in [0.4, 0.5) is 0 Å². The van der Waals surface area contributed by atoms with Crippen molar-refractivity contribution in [3.63, 3.8) is 0 Å². The first-order valence-corrected chi connectivity index (χ1v) is 17.8. The molecule has 1 atom stereocenters. The van der Waals surface area contributed by atoms with E-state index in [0.29, 0.717) is 98.1 Å². The summed E-state index contributed by atoms with van der Waals surface area (Å²) in [6.07, 6.45) is 4.12. The minimum atomic E-state index is -0.680. The molecule has 1 unspecified atom stereocenters. The summed E-state index contributed by atoms with van der Waals surface area (Å²) in [5, 5.41) is 13.8. The van der Waals surface area contributed by atoms with Gasteiger partial charge in [0.2, 0.25) is 11.8 Å². The molecule has 4 heterocycles. The molecule has 2 aliphatic rings. The van der Waals surface area contributed by atoms with Crippen LogP contribution in [0.1, 0.15) is 51.4 Å². The number of carbonyl (C=O) groups excluding carboxylic acids is 4. The van der Waals surface area contributed by atoms with Crippen molar-refractivity contribution in [1.82, 2.24) is 35.5 Å². The Hall–Kier alpha value is -5.36. The molecule has 0 spiro atoms. The maximum absolute atomic E-state index is 13.0. The van der Waals surface area contributed by atoms with E-state index in [1.54, 1.807) is 47.3 Å². The molecule has 0 saturated carbocycles. The number of aryl methyl sites for hydroxylation is 1. The summed E-state index contributed by atoms with van der Waals surface area (Å²) in [6, 6.07) is 9.64. The average molecular weight is 766 g/mol. The summed E-state index contributed by atoms with van der Waals surface area (Å²) >= 11 is 6.22. The summed E-state index contributed by atoms with van der Waals surface area (Å²) in [4.78, 5) is 55.1. The Morgan fingerprint density at radius 1 is 1.04 bits per heavy atom. The van der Waals surface area contributed by atoms with Crippen LogP contribution in [-0.2, 0) is 43.5 Å². The molecule has 54 heavy (non-hydrogen) atoms. The Kier molecular flexibility index (Phi) is 13.2. The van der Waals surface area contributed by atoms with Crippen molar-refractivity contribution < 1.29 is 47.3 Å². The number of imide groups is 1. The molecular weight excluding hydrogens is 726 g/mol. The molecule has 2 aromatic heterocycles. The van der Waals surface area contributed by atoms with E-state index in [1.807, 2.05) is 0 Å². The molecule has 18 heteroatoms. The number of oxazole rings is 1. The van der Waals surface area contributed by atoms with Crippen molar-refractivity contribution >= 4 is 35.2 Å². The van der Waals surface area contributed by atoms with E-state index >= 15 is 0 Å². The van der Waals surface area contributed by atoms with Gasteiger partial charge in [-0.1, -0.05) is 22.9 Å². The van der Waals surface area contributed by atoms with E-state index in [2.05, 4.69) is 25.9 Å². The number of hydrogen-bond acceptors (Lipinski definition) is 13. The van der Waals surface area contributed by atoms with Crippen LogP contribution in [0.3, 0.4) is 0 Å². The highest BCUT2D eigenvalue weighted by atomic mass is 35.5. The maximum Gasteiger partial charge on any atom is 0.273 e. The van der Waals surface area contributed by atoms with Gasteiger partial charge in [0.05, 0.1) is 64.5 Å². The van der Waals surface area contributed by atoms with Gasteiger partial charge in [0.25, 0.3) is 11.8 Å². The fourth-order valence-electron chi connectivity index (χ4n) is 5.98. The molecule has 1 saturated heterocycles. The molecule has 17 nitrogen and oxygen atoms in total. The highest BCUT2D eigenvalue weighted by Gasteiger charge is 2.40. The highest BCUT2D eigenvalue weighted by Crippen LogP contribution is 2.34. The minimum Gasteiger partial charge on any atom is -0.495 e. The van der Waals surface area contributed by atoms with E-state index < -0.39 is 11.9 Å². The summed E-state index contributed by atoms with van der Waals surface area (Å²) in [6.45, 7) is 3.51. The molecule has 4 aromatic rings. The zero-order chi connectivity index (χ0) is 37.9. The zero-order valence-corrected chi connectivity index (χ0v) is 30.3. The molecular formula is C36H40ClN7O10. The number of aromatic nitrogens is 4. The van der Waals surface area contributed by atoms with Crippen molar-refractivity contribution in [2.45, 2.75) is 45.0 Å². The number of ether oxygens (including phenoxy) is 5. The van der Waals surface area contributed by atoms with Crippen molar-refractivity contribution in [2.75, 3.05) is 53.3 Å². The number of benzene rings is 2. The quantitative estimate of drug-likeness (QED) is 0.0985. The summed E-state index contributed by atoms with van der Waals surface area (Å²) in [7, 11) is 1.52. The van der Waals surface area contributed by atoms with Gasteiger partial charge in [-0.05, 0) is 43.2 Å². The van der Waals surface area contributed by atoms with Crippen molar-refractivity contribution in [1.29, 1.82) is 0 Å². The molecule has 2 aliphatic heterocycles. The van der Waals surface area contributed by atoms with E-state index in [9.17, 15) is 19.2 Å². The van der Waals surface area contributed by atoms with Crippen LogP contribution in [0.15, 0.2) is 53.4 Å². The van der Waals surface area contributed by atoms with E-state index in [-0.39, 0.29) is 49.6 Å². The molecule has 2 N–H and O–H groups in total. The van der Waals surface area contributed by atoms with Gasteiger partial charge >= 0.3 is 0 Å². The Labute approximate surface area is 315 Å². The van der Waals surface area contributed by atoms with E-state index in [1.165, 1.54) is 18.4 Å². The number of nitrogens with one attached hydrogen (secondary N) is 2. The van der Waals surface area contributed by atoms with Crippen LogP contribution in [0, 0.1) is 0 Å². The van der Waals surface area contributed by atoms with Crippen molar-refractivity contribution in [3.8, 4) is 22.8 Å². The smallest absolute Gasteiger partial charge is 0.273 e. The van der Waals surface area contributed by atoms with Gasteiger partial charge in [0.1, 0.15) is 29.8 Å². The molecule has 4 amide bonds. The van der Waals surface area contributed by atoms with Crippen LogP contribution in [0.5, 0.6) is 11.5 Å². The summed E-state index contributed by atoms with van der Waals surface area (Å²) in [5.41, 5.74) is 2.65. The lowest BCUT2D eigenvalue weighted by Gasteiger charge is -2.29. The van der Waals surface area contributed by atoms with Crippen molar-refractivity contribution in [3.05, 3.63) is 76.5 Å². The fourth-order valence-corrected chi connectivity index (χ4v) is 6.24. The number of amides is 4. The first kappa shape index (κ1) is 38.4. The Balaban J connectivity index is 0.792. The number of piperidine rings is 1. The third-order valence-electron chi connectivity index (χ3n) is 8.65. The third-order valence-corrected chi connectivity index (χ3v) is 8.95. The fraction of sp³-hybridized carbons (Fsp3) is 0.417. The normalized spacial score (nSPS) is 15.3. The molecule has 286 valence electrons. The molecule has 6 rings (SSSR count). The van der Waals surface area contributed by atoms with Gasteiger partial charge in [-0.2, -0.15) is 0 Å². The Morgan fingerprint density at radius 3 is 2.61 bits per heavy atom. The minimum absolute atomic E-state index is 0.161. The lowest BCUT2D eigenvalue weighted by atomic mass is 10.0. The van der Waals surface area contributed by atoms with Crippen molar-refractivity contribution in [2.24, 2.45) is 0 Å². The number of methoxy groups -OCH3 is 1. The van der Waals surface area contributed by atoms with Gasteiger partial charge in [-0.15, -0.1) is 5.10 Å². The average Bonchev–Trinajstić information content (AvgIpc) is 3.92. The predicted octanol–water partition coefficient (Wildman–Crippen LogP) is 2.80. The van der Waals surface area contributed by atoms with Crippen LogP contribution in [0.2, 0.25) is 5.02 Å². The molecule has 1 fully saturated rings. The van der Waals surface area contributed by atoms with Gasteiger partial charge in [0.15, 0.2) is 17.8 Å². The first-order valence-electron chi connectivity index (χ1n) is 17.4. The second-order valence-corrected chi connectivity index (χ2v) is 12.7. The largest absolute Gasteiger partial charge is 0.495 e. The predicted molar refractivity (Wildman–Crippen MR) is 190 cm³/mol. The second kappa shape index (κ2) is 18.6. The zero-order valence-electron chi connectivity index (χ0n) is 29.6. The lowest BCUT2D eigenvalue weighted by Crippen LogP contribution is -2.52. The van der Waals surface area contributed by atoms with Gasteiger partial charge in [0, 0.05) is 36.2 Å². The number of hydrogen-bond donors (Lipinski definition) is 2. The van der Waals surface area contributed by atoms with Crippen LogP contribution >= 0.6 is 11.6 Å². The Bertz CT molecular complexity index is 1950. The summed E-state index contributed by atoms with van der Waals surface area (Å²) in [5.74, 6) is 0.00113. The number of fused-ring (bicyclic) bond motifs is 1. The Morgan fingerprint density at radius 2 is 1.83 bits per heavy atom. The van der Waals surface area contributed by atoms with Crippen LogP contribution in [-0.4, -0.2) is 108 Å². The standard InChI is InChI=1S/C36H40ClN7O10/c1-49-30-8-6-23(18-27(30)37)33-32(39-22-54-33)35(47)38-10-3-11-43-19-24(41-42-43)21-52-15-14-50-12-13-51-16-17-53-29-5-2-4-25-26(29)20-44(36(25)48)28-7-9-31(45)40-34(28)46/h2,4-6,8,18-19,22,28H,3,7,9-17,20-21H2,1H3,(H,38,47)(H,40,45,46). The SMILES string of the molecule is COc1ccc(-c2ocnc2C(=O)NCCCn2cc(COCCOCCOCCOc3cccc4c3CN(C3CCC(=O)NC3=O)C4=O)nn2)cc1Cl. The topological polar surface area (TPSA) is 198 Å². The van der Waals surface area contributed by atoms with E-state index in [4.69, 9.17) is 39.7 Å². The first-order chi connectivity index (χ1) is 26.3. The number of carbonyl (C=O) groups is 4.